The lowest BCUT2D eigenvalue weighted by molar-refractivity contribution is -0.0352. The van der Waals surface area contributed by atoms with Crippen molar-refractivity contribution in [2.24, 2.45) is 5.92 Å². The van der Waals surface area contributed by atoms with E-state index in [-0.39, 0.29) is 0 Å². The van der Waals surface area contributed by atoms with Gasteiger partial charge in [0.05, 0.1) is 5.60 Å². The third-order valence-corrected chi connectivity index (χ3v) is 5.30. The van der Waals surface area contributed by atoms with Gasteiger partial charge in [0.1, 0.15) is 11.6 Å². The molecule has 0 amide bonds. The summed E-state index contributed by atoms with van der Waals surface area (Å²) in [5, 5.41) is 15.3. The Morgan fingerprint density at radius 3 is 2.64 bits per heavy atom. The van der Waals surface area contributed by atoms with Crippen molar-refractivity contribution in [3.63, 3.8) is 0 Å². The molecule has 1 N–H and O–H groups in total. The highest BCUT2D eigenvalue weighted by Crippen LogP contribution is 2.30. The van der Waals surface area contributed by atoms with Crippen LogP contribution in [-0.4, -0.2) is 50.0 Å². The van der Waals surface area contributed by atoms with Gasteiger partial charge in [-0.2, -0.15) is 5.10 Å². The SMILES string of the molecule is Cc1nc(C)n(CC2CCCN(CC3(O)CCCCC3)C2)n1. The second-order valence-corrected chi connectivity index (χ2v) is 7.42. The summed E-state index contributed by atoms with van der Waals surface area (Å²) in [7, 11) is 0. The van der Waals surface area contributed by atoms with Crippen LogP contribution in [-0.2, 0) is 6.54 Å². The molecule has 1 aromatic rings. The van der Waals surface area contributed by atoms with Gasteiger partial charge in [-0.15, -0.1) is 0 Å². The molecule has 3 rings (SSSR count). The summed E-state index contributed by atoms with van der Waals surface area (Å²) in [5.41, 5.74) is -0.431. The standard InChI is InChI=1S/C17H30N4O/c1-14-18-15(2)21(19-14)12-16-7-6-10-20(11-16)13-17(22)8-4-3-5-9-17/h16,22H,3-13H2,1-2H3. The summed E-state index contributed by atoms with van der Waals surface area (Å²) in [6.45, 7) is 8.02. The average molecular weight is 306 g/mol. The highest BCUT2D eigenvalue weighted by molar-refractivity contribution is 4.90. The zero-order valence-corrected chi connectivity index (χ0v) is 14.1. The predicted octanol–water partition coefficient (Wildman–Crippen LogP) is 2.30. The van der Waals surface area contributed by atoms with Crippen LogP contribution in [0, 0.1) is 19.8 Å². The molecule has 2 aliphatic rings. The molecule has 1 aliphatic carbocycles. The Balaban J connectivity index is 1.56. The topological polar surface area (TPSA) is 54.2 Å². The van der Waals surface area contributed by atoms with E-state index >= 15 is 0 Å². The van der Waals surface area contributed by atoms with E-state index in [0.717, 1.165) is 50.7 Å². The van der Waals surface area contributed by atoms with E-state index in [4.69, 9.17) is 0 Å². The first-order chi connectivity index (χ1) is 10.5. The number of likely N-dealkylation sites (tertiary alicyclic amines) is 1. The van der Waals surface area contributed by atoms with E-state index in [2.05, 4.69) is 19.7 Å². The van der Waals surface area contributed by atoms with Crippen molar-refractivity contribution in [1.29, 1.82) is 0 Å². The van der Waals surface area contributed by atoms with Gasteiger partial charge in [-0.3, -0.25) is 0 Å². The van der Waals surface area contributed by atoms with Crippen LogP contribution in [0.25, 0.3) is 0 Å². The summed E-state index contributed by atoms with van der Waals surface area (Å²) in [5.74, 6) is 2.50. The Labute approximate surface area is 133 Å². The first-order valence-corrected chi connectivity index (χ1v) is 8.87. The number of β-amino-alcohol motifs (C(OH)–C–C–N with tert-alkyl or cyclic N) is 1. The first kappa shape index (κ1) is 15.9. The molecule has 0 aromatic carbocycles. The summed E-state index contributed by atoms with van der Waals surface area (Å²) >= 11 is 0. The monoisotopic (exact) mass is 306 g/mol. The largest absolute Gasteiger partial charge is 0.389 e. The minimum absolute atomic E-state index is 0.431. The molecule has 0 bridgehead atoms. The van der Waals surface area contributed by atoms with E-state index < -0.39 is 5.60 Å². The smallest absolute Gasteiger partial charge is 0.147 e. The van der Waals surface area contributed by atoms with E-state index in [1.807, 2.05) is 13.8 Å². The maximum absolute atomic E-state index is 10.8. The van der Waals surface area contributed by atoms with Gasteiger partial charge < -0.3 is 10.0 Å². The van der Waals surface area contributed by atoms with Crippen molar-refractivity contribution in [2.45, 2.75) is 70.9 Å². The van der Waals surface area contributed by atoms with Crippen molar-refractivity contribution >= 4 is 0 Å². The van der Waals surface area contributed by atoms with Crippen molar-refractivity contribution in [1.82, 2.24) is 19.7 Å². The maximum Gasteiger partial charge on any atom is 0.147 e. The van der Waals surface area contributed by atoms with Gasteiger partial charge in [-0.05, 0) is 52.0 Å². The molecule has 22 heavy (non-hydrogen) atoms. The van der Waals surface area contributed by atoms with Crippen LogP contribution in [0.5, 0.6) is 0 Å². The highest BCUT2D eigenvalue weighted by atomic mass is 16.3. The maximum atomic E-state index is 10.8. The van der Waals surface area contributed by atoms with Crippen LogP contribution in [0.1, 0.15) is 56.6 Å². The molecule has 1 unspecified atom stereocenters. The summed E-state index contributed by atoms with van der Waals surface area (Å²) in [6, 6.07) is 0. The predicted molar refractivity (Wildman–Crippen MR) is 86.7 cm³/mol. The quantitative estimate of drug-likeness (QED) is 0.927. The van der Waals surface area contributed by atoms with E-state index in [9.17, 15) is 5.11 Å². The normalized spacial score (nSPS) is 26.2. The molecular weight excluding hydrogens is 276 g/mol. The summed E-state index contributed by atoms with van der Waals surface area (Å²) in [4.78, 5) is 6.88. The number of aryl methyl sites for hydroxylation is 2. The fourth-order valence-electron chi connectivity index (χ4n) is 4.21. The average Bonchev–Trinajstić information content (AvgIpc) is 2.77. The van der Waals surface area contributed by atoms with Crippen LogP contribution >= 0.6 is 0 Å². The van der Waals surface area contributed by atoms with Gasteiger partial charge in [0.25, 0.3) is 0 Å². The lowest BCUT2D eigenvalue weighted by Gasteiger charge is -2.40. The fourth-order valence-corrected chi connectivity index (χ4v) is 4.21. The molecule has 124 valence electrons. The number of hydrogen-bond donors (Lipinski definition) is 1. The molecule has 2 heterocycles. The third kappa shape index (κ3) is 3.87. The lowest BCUT2D eigenvalue weighted by Crippen LogP contribution is -2.48. The van der Waals surface area contributed by atoms with E-state index in [1.165, 1.54) is 32.1 Å². The van der Waals surface area contributed by atoms with Crippen molar-refractivity contribution < 1.29 is 5.11 Å². The molecular formula is C17H30N4O. The minimum Gasteiger partial charge on any atom is -0.389 e. The molecule has 0 spiro atoms. The van der Waals surface area contributed by atoms with Gasteiger partial charge in [-0.1, -0.05) is 19.3 Å². The third-order valence-electron chi connectivity index (χ3n) is 5.30. The van der Waals surface area contributed by atoms with Crippen LogP contribution in [0.3, 0.4) is 0 Å². The Morgan fingerprint density at radius 2 is 1.95 bits per heavy atom. The van der Waals surface area contributed by atoms with Gasteiger partial charge in [0, 0.05) is 19.6 Å². The van der Waals surface area contributed by atoms with Crippen LogP contribution in [0.2, 0.25) is 0 Å². The molecule has 1 saturated heterocycles. The zero-order chi connectivity index (χ0) is 15.6. The first-order valence-electron chi connectivity index (χ1n) is 8.87. The molecule has 5 nitrogen and oxygen atoms in total. The Bertz CT molecular complexity index is 493. The molecule has 1 atom stereocenters. The lowest BCUT2D eigenvalue weighted by atomic mass is 9.84. The van der Waals surface area contributed by atoms with Crippen LogP contribution in [0.4, 0.5) is 0 Å². The number of piperidine rings is 1. The molecule has 1 saturated carbocycles. The summed E-state index contributed by atoms with van der Waals surface area (Å²) < 4.78 is 2.05. The second kappa shape index (κ2) is 6.67. The molecule has 2 fully saturated rings. The summed E-state index contributed by atoms with van der Waals surface area (Å²) in [6.07, 6.45) is 8.11. The molecule has 5 heteroatoms. The van der Waals surface area contributed by atoms with E-state index in [0.29, 0.717) is 5.92 Å². The molecule has 1 aromatic heterocycles. The number of nitrogens with zero attached hydrogens (tertiary/aromatic N) is 4. The van der Waals surface area contributed by atoms with Gasteiger partial charge in [0.15, 0.2) is 0 Å². The number of rotatable bonds is 4. The Morgan fingerprint density at radius 1 is 1.18 bits per heavy atom. The Hall–Kier alpha value is -0.940. The van der Waals surface area contributed by atoms with Crippen LogP contribution < -0.4 is 0 Å². The number of aliphatic hydroxyl groups is 1. The fraction of sp³-hybridized carbons (Fsp3) is 0.882. The Kier molecular flexibility index (Phi) is 4.83. The zero-order valence-electron chi connectivity index (χ0n) is 14.1. The van der Waals surface area contributed by atoms with Crippen molar-refractivity contribution in [2.75, 3.05) is 19.6 Å². The van der Waals surface area contributed by atoms with Crippen LogP contribution in [0.15, 0.2) is 0 Å². The molecule has 1 aliphatic heterocycles. The van der Waals surface area contributed by atoms with Crippen molar-refractivity contribution in [3.8, 4) is 0 Å². The number of aromatic nitrogens is 3. The van der Waals surface area contributed by atoms with E-state index in [1.54, 1.807) is 0 Å². The highest BCUT2D eigenvalue weighted by Gasteiger charge is 2.33. The van der Waals surface area contributed by atoms with Crippen molar-refractivity contribution in [3.05, 3.63) is 11.6 Å². The van der Waals surface area contributed by atoms with Gasteiger partial charge in [-0.25, -0.2) is 9.67 Å². The number of hydrogen-bond acceptors (Lipinski definition) is 4. The molecule has 0 radical (unpaired) electrons. The minimum atomic E-state index is -0.431. The second-order valence-electron chi connectivity index (χ2n) is 7.42. The van der Waals surface area contributed by atoms with Gasteiger partial charge >= 0.3 is 0 Å². The van der Waals surface area contributed by atoms with Gasteiger partial charge in [0.2, 0.25) is 0 Å².